The Morgan fingerprint density at radius 3 is 2.90 bits per heavy atom. The molecule has 0 saturated carbocycles. The number of hydrogen-bond acceptors (Lipinski definition) is 5. The quantitative estimate of drug-likeness (QED) is 0.892. The number of nitrogens with two attached hydrogens (primary N) is 1. The second-order valence-electron chi connectivity index (χ2n) is 5.32. The van der Waals surface area contributed by atoms with Crippen LogP contribution in [0.2, 0.25) is 0 Å². The number of carbonyl (C=O) groups excluding carboxylic acids is 1. The molecular weight excluding hydrogens is 268 g/mol. The highest BCUT2D eigenvalue weighted by Crippen LogP contribution is 2.32. The summed E-state index contributed by atoms with van der Waals surface area (Å²) in [5.41, 5.74) is 7.21. The van der Waals surface area contributed by atoms with Crippen molar-refractivity contribution in [2.45, 2.75) is 25.8 Å². The molecule has 7 heteroatoms. The van der Waals surface area contributed by atoms with Gasteiger partial charge in [0, 0.05) is 25.9 Å². The van der Waals surface area contributed by atoms with Gasteiger partial charge in [0.15, 0.2) is 0 Å². The number of carbonyl (C=O) groups is 1. The normalized spacial score (nSPS) is 18.2. The number of nitrogens with zero attached hydrogens (tertiary/aromatic N) is 5. The van der Waals surface area contributed by atoms with Gasteiger partial charge in [-0.3, -0.25) is 9.48 Å². The summed E-state index contributed by atoms with van der Waals surface area (Å²) in [6, 6.07) is 1.72. The smallest absolute Gasteiger partial charge is 0.257 e. The minimum Gasteiger partial charge on any atom is -0.384 e. The summed E-state index contributed by atoms with van der Waals surface area (Å²) in [5, 5.41) is 4.06. The maximum absolute atomic E-state index is 12.6. The van der Waals surface area contributed by atoms with Gasteiger partial charge in [-0.05, 0) is 19.8 Å². The zero-order valence-corrected chi connectivity index (χ0v) is 12.2. The second-order valence-corrected chi connectivity index (χ2v) is 5.32. The monoisotopic (exact) mass is 286 g/mol. The van der Waals surface area contributed by atoms with E-state index in [0.717, 1.165) is 25.1 Å². The van der Waals surface area contributed by atoms with Crippen LogP contribution in [0.15, 0.2) is 18.5 Å². The van der Waals surface area contributed by atoms with Crippen LogP contribution in [-0.2, 0) is 7.05 Å². The fourth-order valence-corrected chi connectivity index (χ4v) is 2.80. The molecule has 3 heterocycles. The fourth-order valence-electron chi connectivity index (χ4n) is 2.80. The van der Waals surface area contributed by atoms with Crippen LogP contribution in [0.25, 0.3) is 0 Å². The molecule has 1 atom stereocenters. The molecule has 0 bridgehead atoms. The van der Waals surface area contributed by atoms with Crippen LogP contribution >= 0.6 is 0 Å². The SMILES string of the molecule is Cc1nc(N)cc(C2CCCN2C(=O)c2cnn(C)c2)n1. The predicted octanol–water partition coefficient (Wildman–Crippen LogP) is 1.08. The van der Waals surface area contributed by atoms with E-state index >= 15 is 0 Å². The van der Waals surface area contributed by atoms with Gasteiger partial charge >= 0.3 is 0 Å². The third-order valence-corrected chi connectivity index (χ3v) is 3.68. The Balaban J connectivity index is 1.90. The van der Waals surface area contributed by atoms with E-state index in [1.54, 1.807) is 30.2 Å². The summed E-state index contributed by atoms with van der Waals surface area (Å²) >= 11 is 0. The van der Waals surface area contributed by atoms with Gasteiger partial charge in [0.1, 0.15) is 11.6 Å². The van der Waals surface area contributed by atoms with Gasteiger partial charge in [-0.25, -0.2) is 9.97 Å². The van der Waals surface area contributed by atoms with Crippen LogP contribution in [0.5, 0.6) is 0 Å². The molecule has 0 aliphatic carbocycles. The van der Waals surface area contributed by atoms with E-state index in [-0.39, 0.29) is 11.9 Å². The first-order valence-corrected chi connectivity index (χ1v) is 6.95. The Labute approximate surface area is 122 Å². The Morgan fingerprint density at radius 2 is 2.24 bits per heavy atom. The number of hydrogen-bond donors (Lipinski definition) is 1. The van der Waals surface area contributed by atoms with E-state index < -0.39 is 0 Å². The average molecular weight is 286 g/mol. The minimum absolute atomic E-state index is 0.0135. The molecule has 1 fully saturated rings. The molecule has 3 rings (SSSR count). The van der Waals surface area contributed by atoms with Gasteiger partial charge in [-0.15, -0.1) is 0 Å². The van der Waals surface area contributed by atoms with Crippen molar-refractivity contribution in [3.8, 4) is 0 Å². The number of rotatable bonds is 2. The highest BCUT2D eigenvalue weighted by Gasteiger charge is 2.32. The molecule has 1 amide bonds. The van der Waals surface area contributed by atoms with Gasteiger partial charge in [0.25, 0.3) is 5.91 Å². The van der Waals surface area contributed by atoms with Crippen molar-refractivity contribution in [1.29, 1.82) is 0 Å². The van der Waals surface area contributed by atoms with Crippen molar-refractivity contribution in [2.24, 2.45) is 7.05 Å². The van der Waals surface area contributed by atoms with E-state index in [1.165, 1.54) is 0 Å². The van der Waals surface area contributed by atoms with Crippen molar-refractivity contribution < 1.29 is 4.79 Å². The number of nitrogen functional groups attached to an aromatic ring is 1. The van der Waals surface area contributed by atoms with E-state index in [2.05, 4.69) is 15.1 Å². The molecule has 1 aliphatic heterocycles. The Kier molecular flexibility index (Phi) is 3.32. The lowest BCUT2D eigenvalue weighted by Crippen LogP contribution is -2.31. The van der Waals surface area contributed by atoms with Gasteiger partial charge in [0.05, 0.1) is 23.5 Å². The molecule has 2 aromatic rings. The lowest BCUT2D eigenvalue weighted by molar-refractivity contribution is 0.0732. The first-order chi connectivity index (χ1) is 10.0. The van der Waals surface area contributed by atoms with Crippen LogP contribution < -0.4 is 5.73 Å². The third kappa shape index (κ3) is 2.58. The van der Waals surface area contributed by atoms with Crippen molar-refractivity contribution in [3.05, 3.63) is 35.5 Å². The first kappa shape index (κ1) is 13.5. The van der Waals surface area contributed by atoms with Gasteiger partial charge < -0.3 is 10.6 Å². The summed E-state index contributed by atoms with van der Waals surface area (Å²) in [7, 11) is 1.80. The molecule has 1 unspecified atom stereocenters. The maximum atomic E-state index is 12.6. The van der Waals surface area contributed by atoms with Crippen LogP contribution in [0.3, 0.4) is 0 Å². The van der Waals surface area contributed by atoms with Crippen LogP contribution in [0.4, 0.5) is 5.82 Å². The zero-order valence-electron chi connectivity index (χ0n) is 12.2. The molecule has 0 radical (unpaired) electrons. The molecule has 21 heavy (non-hydrogen) atoms. The fraction of sp³-hybridized carbons (Fsp3) is 0.429. The van der Waals surface area contributed by atoms with Gasteiger partial charge in [0.2, 0.25) is 0 Å². The summed E-state index contributed by atoms with van der Waals surface area (Å²) in [5.74, 6) is 1.06. The van der Waals surface area contributed by atoms with Gasteiger partial charge in [-0.2, -0.15) is 5.10 Å². The van der Waals surface area contributed by atoms with E-state index in [1.807, 2.05) is 11.8 Å². The molecule has 2 N–H and O–H groups in total. The highest BCUT2D eigenvalue weighted by atomic mass is 16.2. The highest BCUT2D eigenvalue weighted by molar-refractivity contribution is 5.94. The molecule has 0 aromatic carbocycles. The number of aryl methyl sites for hydroxylation is 2. The second kappa shape index (κ2) is 5.16. The average Bonchev–Trinajstić information content (AvgIpc) is 3.05. The number of aromatic nitrogens is 4. The Morgan fingerprint density at radius 1 is 1.43 bits per heavy atom. The number of likely N-dealkylation sites (tertiary alicyclic amines) is 1. The lowest BCUT2D eigenvalue weighted by Gasteiger charge is -2.24. The zero-order chi connectivity index (χ0) is 15.0. The molecule has 2 aromatic heterocycles. The van der Waals surface area contributed by atoms with Crippen molar-refractivity contribution in [3.63, 3.8) is 0 Å². The van der Waals surface area contributed by atoms with Crippen LogP contribution in [0, 0.1) is 6.92 Å². The van der Waals surface area contributed by atoms with Crippen molar-refractivity contribution in [2.75, 3.05) is 12.3 Å². The van der Waals surface area contributed by atoms with E-state index in [0.29, 0.717) is 17.2 Å². The van der Waals surface area contributed by atoms with Crippen molar-refractivity contribution >= 4 is 11.7 Å². The molecule has 110 valence electrons. The minimum atomic E-state index is -0.0401. The molecule has 0 spiro atoms. The van der Waals surface area contributed by atoms with E-state index in [9.17, 15) is 4.79 Å². The number of amides is 1. The standard InChI is InChI=1S/C14H18N6O/c1-9-17-11(6-13(15)18-9)12-4-3-5-20(12)14(21)10-7-16-19(2)8-10/h6-8,12H,3-5H2,1-2H3,(H2,15,17,18). The molecule has 7 nitrogen and oxygen atoms in total. The Hall–Kier alpha value is -2.44. The third-order valence-electron chi connectivity index (χ3n) is 3.68. The lowest BCUT2D eigenvalue weighted by atomic mass is 10.1. The Bertz CT molecular complexity index is 660. The van der Waals surface area contributed by atoms with Crippen molar-refractivity contribution in [1.82, 2.24) is 24.6 Å². The van der Waals surface area contributed by atoms with Crippen LogP contribution in [0.1, 0.15) is 40.8 Å². The van der Waals surface area contributed by atoms with Gasteiger partial charge in [-0.1, -0.05) is 0 Å². The summed E-state index contributed by atoms with van der Waals surface area (Å²) in [6.07, 6.45) is 5.18. The summed E-state index contributed by atoms with van der Waals surface area (Å²) in [4.78, 5) is 23.0. The maximum Gasteiger partial charge on any atom is 0.257 e. The molecule has 1 aliphatic rings. The summed E-state index contributed by atoms with van der Waals surface area (Å²) < 4.78 is 1.63. The van der Waals surface area contributed by atoms with Crippen LogP contribution in [-0.4, -0.2) is 37.1 Å². The first-order valence-electron chi connectivity index (χ1n) is 6.95. The summed E-state index contributed by atoms with van der Waals surface area (Å²) in [6.45, 7) is 2.53. The molecular formula is C14H18N6O. The predicted molar refractivity (Wildman–Crippen MR) is 77.4 cm³/mol. The largest absolute Gasteiger partial charge is 0.384 e. The molecule has 1 saturated heterocycles. The van der Waals surface area contributed by atoms with E-state index in [4.69, 9.17) is 5.73 Å². The number of anilines is 1. The topological polar surface area (TPSA) is 89.9 Å².